The largest absolute Gasteiger partial charge is 0.370 e. The van der Waals surface area contributed by atoms with Crippen molar-refractivity contribution in [2.75, 3.05) is 0 Å². The molecule has 1 aliphatic heterocycles. The Morgan fingerprint density at radius 3 is 3.06 bits per heavy atom. The van der Waals surface area contributed by atoms with Crippen molar-refractivity contribution in [3.63, 3.8) is 0 Å². The molecule has 0 N–H and O–H groups in total. The lowest BCUT2D eigenvalue weighted by molar-refractivity contribution is -0.0219. The van der Waals surface area contributed by atoms with Gasteiger partial charge in [0.25, 0.3) is 5.56 Å². The van der Waals surface area contributed by atoms with E-state index in [9.17, 15) is 4.79 Å². The van der Waals surface area contributed by atoms with Gasteiger partial charge in [0.15, 0.2) is 0 Å². The van der Waals surface area contributed by atoms with Crippen LogP contribution in [0.3, 0.4) is 0 Å². The fourth-order valence-electron chi connectivity index (χ4n) is 2.58. The minimum atomic E-state index is -0.0409. The van der Waals surface area contributed by atoms with Crippen LogP contribution in [0.2, 0.25) is 0 Å². The number of hydrogen-bond donors (Lipinski definition) is 0. The molecule has 2 aromatic rings. The van der Waals surface area contributed by atoms with E-state index in [1.165, 1.54) is 0 Å². The van der Waals surface area contributed by atoms with Gasteiger partial charge in [-0.2, -0.15) is 0 Å². The maximum atomic E-state index is 12.3. The lowest BCUT2D eigenvalue weighted by atomic mass is 10.1. The van der Waals surface area contributed by atoms with Crippen molar-refractivity contribution in [1.82, 2.24) is 4.57 Å². The fourth-order valence-corrected chi connectivity index (χ4v) is 3.35. The number of fused-ring (bicyclic) bond motifs is 1. The highest BCUT2D eigenvalue weighted by Gasteiger charge is 2.31. The van der Waals surface area contributed by atoms with Crippen LogP contribution in [0.25, 0.3) is 10.1 Å². The van der Waals surface area contributed by atoms with Crippen LogP contribution in [0.15, 0.2) is 28.5 Å². The molecule has 0 spiro atoms. The van der Waals surface area contributed by atoms with Crippen LogP contribution in [0.5, 0.6) is 0 Å². The summed E-state index contributed by atoms with van der Waals surface area (Å²) in [6.07, 6.45) is 4.14. The zero-order valence-corrected chi connectivity index (χ0v) is 11.5. The summed E-state index contributed by atoms with van der Waals surface area (Å²) in [6.45, 7) is 4.88. The van der Waals surface area contributed by atoms with Gasteiger partial charge in [0.1, 0.15) is 0 Å². The molecule has 0 saturated carbocycles. The molecule has 3 nitrogen and oxygen atoms in total. The Hall–Kier alpha value is -1.13. The van der Waals surface area contributed by atoms with Crippen molar-refractivity contribution in [2.24, 2.45) is 0 Å². The maximum absolute atomic E-state index is 12.3. The summed E-state index contributed by atoms with van der Waals surface area (Å²) in [4.78, 5) is 12.3. The minimum Gasteiger partial charge on any atom is -0.370 e. The van der Waals surface area contributed by atoms with E-state index in [0.717, 1.165) is 22.9 Å². The summed E-state index contributed by atoms with van der Waals surface area (Å²) >= 11 is 1.61. The van der Waals surface area contributed by atoms with Crippen molar-refractivity contribution in [3.8, 4) is 0 Å². The molecule has 1 fully saturated rings. The number of nitrogens with zero attached hydrogens (tertiary/aromatic N) is 1. The summed E-state index contributed by atoms with van der Waals surface area (Å²) in [5.74, 6) is 0. The van der Waals surface area contributed by atoms with Gasteiger partial charge in [0, 0.05) is 10.9 Å². The van der Waals surface area contributed by atoms with E-state index in [2.05, 4.69) is 13.8 Å². The molecule has 2 aromatic heterocycles. The summed E-state index contributed by atoms with van der Waals surface area (Å²) in [5, 5.41) is 2.78. The van der Waals surface area contributed by atoms with Gasteiger partial charge < -0.3 is 9.30 Å². The lowest BCUT2D eigenvalue weighted by Crippen LogP contribution is -2.28. The molecule has 0 bridgehead atoms. The molecular weight excluding hydrogens is 246 g/mol. The van der Waals surface area contributed by atoms with Crippen molar-refractivity contribution >= 4 is 21.4 Å². The molecule has 3 rings (SSSR count). The first-order valence-corrected chi connectivity index (χ1v) is 7.18. The van der Waals surface area contributed by atoms with E-state index in [1.54, 1.807) is 15.9 Å². The first kappa shape index (κ1) is 11.9. The molecule has 1 atom stereocenters. The highest BCUT2D eigenvalue weighted by atomic mass is 32.1. The van der Waals surface area contributed by atoms with Gasteiger partial charge in [-0.15, -0.1) is 11.3 Å². The second-order valence-electron chi connectivity index (χ2n) is 5.51. The second kappa shape index (κ2) is 4.21. The average molecular weight is 263 g/mol. The quantitative estimate of drug-likeness (QED) is 0.834. The van der Waals surface area contributed by atoms with Gasteiger partial charge in [-0.05, 0) is 44.2 Å². The van der Waals surface area contributed by atoms with E-state index >= 15 is 0 Å². The molecule has 1 unspecified atom stereocenters. The molecule has 0 radical (unpaired) electrons. The Balaban J connectivity index is 1.87. The smallest absolute Gasteiger partial charge is 0.259 e. The van der Waals surface area contributed by atoms with Gasteiger partial charge in [0.05, 0.1) is 23.6 Å². The van der Waals surface area contributed by atoms with Gasteiger partial charge in [0.2, 0.25) is 0 Å². The fraction of sp³-hybridized carbons (Fsp3) is 0.500. The summed E-state index contributed by atoms with van der Waals surface area (Å²) in [6, 6.07) is 3.92. The topological polar surface area (TPSA) is 31.2 Å². The zero-order valence-electron chi connectivity index (χ0n) is 10.7. The zero-order chi connectivity index (χ0) is 12.8. The van der Waals surface area contributed by atoms with Crippen molar-refractivity contribution < 1.29 is 4.74 Å². The van der Waals surface area contributed by atoms with Crippen LogP contribution >= 0.6 is 11.3 Å². The van der Waals surface area contributed by atoms with Crippen LogP contribution in [0.4, 0.5) is 0 Å². The molecule has 96 valence electrons. The van der Waals surface area contributed by atoms with Crippen molar-refractivity contribution in [1.29, 1.82) is 0 Å². The first-order chi connectivity index (χ1) is 8.55. The second-order valence-corrected chi connectivity index (χ2v) is 6.46. The lowest BCUT2D eigenvalue weighted by Gasteiger charge is -2.19. The third kappa shape index (κ3) is 2.10. The van der Waals surface area contributed by atoms with Crippen LogP contribution in [-0.4, -0.2) is 16.3 Å². The van der Waals surface area contributed by atoms with Gasteiger partial charge in [-0.25, -0.2) is 0 Å². The Labute approximate surface area is 110 Å². The molecule has 18 heavy (non-hydrogen) atoms. The molecule has 1 saturated heterocycles. The normalized spacial score (nSPS) is 22.7. The summed E-state index contributed by atoms with van der Waals surface area (Å²) in [5.41, 5.74) is 0.0582. The van der Waals surface area contributed by atoms with E-state index < -0.39 is 0 Å². The number of pyridine rings is 1. The number of rotatable bonds is 2. The van der Waals surface area contributed by atoms with Crippen LogP contribution in [0, 0.1) is 0 Å². The molecule has 0 amide bonds. The number of aromatic nitrogens is 1. The third-order valence-corrected chi connectivity index (χ3v) is 4.43. The Kier molecular flexibility index (Phi) is 2.79. The van der Waals surface area contributed by atoms with Crippen molar-refractivity contribution in [3.05, 3.63) is 34.1 Å². The molecule has 4 heteroatoms. The van der Waals surface area contributed by atoms with E-state index in [1.807, 2.05) is 23.7 Å². The van der Waals surface area contributed by atoms with E-state index in [-0.39, 0.29) is 17.3 Å². The van der Waals surface area contributed by atoms with Gasteiger partial charge >= 0.3 is 0 Å². The highest BCUT2D eigenvalue weighted by Crippen LogP contribution is 2.30. The highest BCUT2D eigenvalue weighted by molar-refractivity contribution is 7.17. The van der Waals surface area contributed by atoms with Crippen LogP contribution in [0.1, 0.15) is 26.7 Å². The number of hydrogen-bond acceptors (Lipinski definition) is 3. The molecular formula is C14H17NO2S. The van der Waals surface area contributed by atoms with E-state index in [4.69, 9.17) is 4.74 Å². The number of ether oxygens (including phenoxy) is 1. The third-order valence-electron chi connectivity index (χ3n) is 3.55. The predicted molar refractivity (Wildman–Crippen MR) is 74.3 cm³/mol. The molecule has 0 aromatic carbocycles. The standard InChI is InChI=1S/C14H17NO2S/c1-14(2)6-3-10(17-14)9-15-7-4-12-11(13(15)16)5-8-18-12/h4-5,7-8,10H,3,6,9H2,1-2H3. The Morgan fingerprint density at radius 2 is 2.33 bits per heavy atom. The van der Waals surface area contributed by atoms with Crippen LogP contribution in [-0.2, 0) is 11.3 Å². The van der Waals surface area contributed by atoms with Gasteiger partial charge in [-0.3, -0.25) is 4.79 Å². The van der Waals surface area contributed by atoms with Gasteiger partial charge in [-0.1, -0.05) is 0 Å². The summed E-state index contributed by atoms with van der Waals surface area (Å²) in [7, 11) is 0. The molecule has 0 aliphatic carbocycles. The van der Waals surface area contributed by atoms with Crippen molar-refractivity contribution in [2.45, 2.75) is 44.9 Å². The van der Waals surface area contributed by atoms with Crippen LogP contribution < -0.4 is 5.56 Å². The Morgan fingerprint density at radius 1 is 1.50 bits per heavy atom. The number of thiophene rings is 1. The Bertz CT molecular complexity index is 626. The average Bonchev–Trinajstić information content (AvgIpc) is 2.89. The summed E-state index contributed by atoms with van der Waals surface area (Å²) < 4.78 is 8.78. The maximum Gasteiger partial charge on any atom is 0.259 e. The first-order valence-electron chi connectivity index (χ1n) is 6.30. The SMILES string of the molecule is CC1(C)CCC(Cn2ccc3sccc3c2=O)O1. The predicted octanol–water partition coefficient (Wildman–Crippen LogP) is 3.02. The minimum absolute atomic E-state index is 0.0409. The monoisotopic (exact) mass is 263 g/mol. The molecule has 1 aliphatic rings. The van der Waals surface area contributed by atoms with E-state index in [0.29, 0.717) is 6.54 Å². The molecule has 3 heterocycles.